The van der Waals surface area contributed by atoms with E-state index in [1.54, 1.807) is 27.7 Å². The minimum Gasteiger partial charge on any atom is -0.481 e. The first-order valence-electron chi connectivity index (χ1n) is 52.3. The van der Waals surface area contributed by atoms with E-state index in [-0.39, 0.29) is 174 Å². The van der Waals surface area contributed by atoms with Gasteiger partial charge in [-0.05, 0) is 78.3 Å². The quantitative estimate of drug-likeness (QED) is 0.0153. The zero-order valence-corrected chi connectivity index (χ0v) is 97.3. The highest BCUT2D eigenvalue weighted by molar-refractivity contribution is 5.90. The Labute approximate surface area is 858 Å². The molecular weight excluding hydrogens is 1800 g/mol. The molecule has 0 heterocycles. The van der Waals surface area contributed by atoms with Crippen molar-refractivity contribution in [1.29, 1.82) is 0 Å². The van der Waals surface area contributed by atoms with E-state index in [1.807, 2.05) is 187 Å². The first-order valence-corrected chi connectivity index (χ1v) is 52.3. The molecule has 9 atom stereocenters. The second-order valence-electron chi connectivity index (χ2n) is 41.8. The molecule has 0 saturated heterocycles. The molecule has 0 aliphatic rings. The number of unbranched alkanes of at least 4 members (excludes halogenated alkanes) is 2. The molecule has 0 aromatic rings. The lowest BCUT2D eigenvalue weighted by Crippen LogP contribution is -2.49. The Morgan fingerprint density at radius 2 is 0.574 bits per heavy atom. The van der Waals surface area contributed by atoms with Gasteiger partial charge in [0.25, 0.3) is 0 Å². The number of aliphatic carboxylic acids is 2. The molecule has 9 unspecified atom stereocenters. The van der Waals surface area contributed by atoms with Gasteiger partial charge < -0.3 is 85.1 Å². The molecule has 0 saturated carbocycles. The Bertz CT molecular complexity index is 3200. The predicted molar refractivity (Wildman–Crippen MR) is 577 cm³/mol. The van der Waals surface area contributed by atoms with Crippen molar-refractivity contribution in [2.75, 3.05) is 32.8 Å². The van der Waals surface area contributed by atoms with Crippen LogP contribution in [-0.4, -0.2) is 256 Å². The fourth-order valence-corrected chi connectivity index (χ4v) is 12.5. The maximum absolute atomic E-state index is 12.0. The lowest BCUT2D eigenvalue weighted by atomic mass is 9.96. The second-order valence-corrected chi connectivity index (χ2v) is 41.8. The number of amidine groups is 1. The van der Waals surface area contributed by atoms with Crippen LogP contribution >= 0.6 is 0 Å². The van der Waals surface area contributed by atoms with E-state index >= 15 is 0 Å². The number of nitrogens with two attached hydrogens (primary N) is 2. The number of aliphatic imine (C=N–C) groups is 1. The highest BCUT2D eigenvalue weighted by Gasteiger charge is 2.30. The molecule has 0 aromatic carbocycles. The summed E-state index contributed by atoms with van der Waals surface area (Å²) in [4.78, 5) is 173. The Kier molecular flexibility index (Phi) is 114. The van der Waals surface area contributed by atoms with Crippen LogP contribution < -0.4 is 64.6 Å². The molecule has 0 amide bonds. The monoisotopic (exact) mass is 2020 g/mol. The third-order valence-corrected chi connectivity index (χ3v) is 19.8. The van der Waals surface area contributed by atoms with Crippen LogP contribution in [0.15, 0.2) is 4.99 Å². The molecule has 0 aromatic heterocycles. The first kappa shape index (κ1) is 160. The van der Waals surface area contributed by atoms with Crippen molar-refractivity contribution in [2.45, 2.75) is 516 Å². The van der Waals surface area contributed by atoms with Crippen LogP contribution in [-0.2, 0) is 76.7 Å². The third kappa shape index (κ3) is 112. The standard InChI is InChI=1S/C13H27N3O.C12H26N2O.C12H25NO.C11H21NO3.C10H19NO3.C10H21NO2.2C10H21NO.C9H19NO2.C9H19NO.2CO2/c1-9(2)13(17)12(16-10(3)4)7-6-8-15-11(5)14;1-9(2)12(15)11(14-10(3)4)7-5-6-8-13;1-6-7-8-11(13-10(4)5)12(14)9(2)3;1-7(2)11(15)9(12-8(3)4)5-6-10(13)14;1-6(2)10(14)8(5-9(12)13)11-7(3)4;1-6(2)10(13)9(8(5)12)11-7(3)4;1-8(2)10(12)6-5-7-11-9(3)4;1-6-9(11-8(4)5)10(12)7(2)3;1-6(2)9(12)8(5-11)10-7(3)4;1-7(2)9(11)5-6-10-8(3)4;2*2-1-3/h9-10,12,16H,6-8H2,1-5H3,(H2,14,15);9-11,14H,5-8,13H2,1-4H3;9-11,13H,6-8H2,1-5H3;7-9,12H,5-6H2,1-4H3,(H,13,14);6-8,11H,5H2,1-4H3,(H,12,13);6-9,11-12H,1-5H3;8-9,11H,5-7H2,1-4H3;7-9,11H,6H2,1-5H3;6-8,10-11H,5H2,1-4H3;7-8,10H,5-6H2,1-4H3;;. The van der Waals surface area contributed by atoms with Gasteiger partial charge in [-0.2, -0.15) is 19.2 Å². The summed E-state index contributed by atoms with van der Waals surface area (Å²) >= 11 is 0. The van der Waals surface area contributed by atoms with E-state index in [2.05, 4.69) is 148 Å². The summed E-state index contributed by atoms with van der Waals surface area (Å²) in [6.07, 6.45) is 11.3. The van der Waals surface area contributed by atoms with Crippen LogP contribution in [0.1, 0.15) is 401 Å². The lowest BCUT2D eigenvalue weighted by molar-refractivity contribution is -0.193. The highest BCUT2D eigenvalue weighted by atomic mass is 16.4. The number of hydrogen-bond acceptors (Lipinski definition) is 30. The maximum atomic E-state index is 12.0. The Morgan fingerprint density at radius 3 is 0.837 bits per heavy atom. The largest absolute Gasteiger partial charge is 0.481 e. The molecular formula is C108H219N13O20. The summed E-state index contributed by atoms with van der Waals surface area (Å²) in [7, 11) is 0. The third-order valence-electron chi connectivity index (χ3n) is 19.8. The van der Waals surface area contributed by atoms with Crippen molar-refractivity contribution in [3.63, 3.8) is 0 Å². The number of ketones is 10. The molecule has 0 fully saturated rings. The minimum absolute atomic E-state index is 0.0107. The molecule has 141 heavy (non-hydrogen) atoms. The second kappa shape index (κ2) is 101. The van der Waals surface area contributed by atoms with Crippen molar-refractivity contribution in [3.8, 4) is 0 Å². The summed E-state index contributed by atoms with van der Waals surface area (Å²) in [6.45, 7) is 89.2. The van der Waals surface area contributed by atoms with Crippen LogP contribution in [0.2, 0.25) is 0 Å². The van der Waals surface area contributed by atoms with Crippen molar-refractivity contribution < 1.29 is 97.1 Å². The fraction of sp³-hybridized carbons (Fsp3) is 0.861. The molecule has 0 radical (unpaired) electrons. The van der Waals surface area contributed by atoms with E-state index in [9.17, 15) is 62.6 Å². The van der Waals surface area contributed by atoms with Gasteiger partial charge in [-0.3, -0.25) is 62.5 Å². The molecule has 33 heteroatoms. The molecule has 0 bridgehead atoms. The number of rotatable bonds is 62. The van der Waals surface area contributed by atoms with Gasteiger partial charge in [-0.15, -0.1) is 0 Å². The van der Waals surface area contributed by atoms with Crippen molar-refractivity contribution in [3.05, 3.63) is 0 Å². The number of nitrogens with one attached hydrogen (secondary N) is 10. The number of aliphatic hydroxyl groups excluding tert-OH is 2. The van der Waals surface area contributed by atoms with Gasteiger partial charge in [0.05, 0.1) is 73.3 Å². The number of carboxylic acids is 2. The molecule has 0 spiro atoms. The maximum Gasteiger partial charge on any atom is 0.373 e. The Morgan fingerprint density at radius 1 is 0.305 bits per heavy atom. The van der Waals surface area contributed by atoms with E-state index in [0.717, 1.165) is 83.7 Å². The normalized spacial score (nSPS) is 13.1. The van der Waals surface area contributed by atoms with Gasteiger partial charge in [-0.25, -0.2) is 0 Å². The zero-order chi connectivity index (χ0) is 114. The number of Topliss-reactive ketones (excluding diaryl/α,β-unsaturated/α-hetero) is 10. The molecule has 18 N–H and O–H groups in total. The predicted octanol–water partition coefficient (Wildman–Crippen LogP) is 14.6. The van der Waals surface area contributed by atoms with Crippen molar-refractivity contribution in [2.24, 2.45) is 75.6 Å². The summed E-state index contributed by atoms with van der Waals surface area (Å²) in [5.74, 6) is 1.60. The lowest BCUT2D eigenvalue weighted by Gasteiger charge is -2.24. The van der Waals surface area contributed by atoms with Crippen LogP contribution in [0, 0.1) is 59.2 Å². The van der Waals surface area contributed by atoms with E-state index in [4.69, 9.17) is 46.0 Å². The average molecular weight is 2020 g/mol. The van der Waals surface area contributed by atoms with Crippen molar-refractivity contribution in [1.82, 2.24) is 53.2 Å². The molecule has 0 aliphatic carbocycles. The van der Waals surface area contributed by atoms with Crippen molar-refractivity contribution >= 4 is 87.9 Å². The topological polar surface area (TPSA) is 539 Å². The molecule has 0 rings (SSSR count). The van der Waals surface area contributed by atoms with Gasteiger partial charge in [0.15, 0.2) is 46.3 Å². The van der Waals surface area contributed by atoms with Gasteiger partial charge in [0.1, 0.15) is 11.6 Å². The van der Waals surface area contributed by atoms with Gasteiger partial charge in [0.2, 0.25) is 0 Å². The molecule has 33 nitrogen and oxygen atoms in total. The van der Waals surface area contributed by atoms with Crippen LogP contribution in [0.5, 0.6) is 0 Å². The summed E-state index contributed by atoms with van der Waals surface area (Å²) in [5.41, 5.74) is 10.9. The van der Waals surface area contributed by atoms with E-state index in [1.165, 1.54) is 0 Å². The highest BCUT2D eigenvalue weighted by Crippen LogP contribution is 2.15. The zero-order valence-electron chi connectivity index (χ0n) is 97.3. The Balaban J connectivity index is -0.000000130. The van der Waals surface area contributed by atoms with Crippen LogP contribution in [0.3, 0.4) is 0 Å². The summed E-state index contributed by atoms with van der Waals surface area (Å²) in [5, 5.41) is 67.4. The minimum atomic E-state index is -0.947. The Hall–Kier alpha value is -6.65. The average Bonchev–Trinajstić information content (AvgIpc) is 0.862. The van der Waals surface area contributed by atoms with Gasteiger partial charge in [-0.1, -0.05) is 310 Å². The number of aliphatic hydroxyl groups is 2. The fourth-order valence-electron chi connectivity index (χ4n) is 12.5. The van der Waals surface area contributed by atoms with Gasteiger partial charge >= 0.3 is 24.2 Å². The number of nitrogens with zero attached hydrogens (tertiary/aromatic N) is 1. The van der Waals surface area contributed by atoms with E-state index < -0.39 is 36.2 Å². The SMILES string of the molecule is CC(C)NC(C(=O)C(C)C)C(C)O.CC(C)NC(CC(=O)O)C(=O)C(C)C.CC(C)NC(CCC(=O)O)C(=O)C(C)C.CC(C)NC(CCCCN)C(=O)C(C)C.CC(C)NC(CO)C(=O)C(C)C.CC(C)NCCC(=O)C(C)C.CC(C)NCCCC(=O)C(C)C.CC(N)=NCCCC(NC(C)C)C(=O)C(C)C.CCC(NC(C)C)C(=O)C(C)C.CCCCC(NC(C)C)C(=O)C(C)C.O=C=O.O=C=O. The first-order chi connectivity index (χ1) is 64.7. The smallest absolute Gasteiger partial charge is 0.373 e. The summed E-state index contributed by atoms with van der Waals surface area (Å²) < 4.78 is 0. The summed E-state index contributed by atoms with van der Waals surface area (Å²) in [6, 6.07) is 1.54. The molecule has 836 valence electrons. The van der Waals surface area contributed by atoms with Gasteiger partial charge in [0, 0.05) is 152 Å². The van der Waals surface area contributed by atoms with Crippen LogP contribution in [0.4, 0.5) is 0 Å². The number of carbonyl (C=O) groups is 12. The number of carboxylic acid groups (broad SMARTS) is 2. The molecule has 0 aliphatic heterocycles. The van der Waals surface area contributed by atoms with Crippen LogP contribution in [0.25, 0.3) is 0 Å². The number of hydrogen-bond donors (Lipinski definition) is 16. The number of carbonyl (C=O) groups excluding carboxylic acids is 14. The van der Waals surface area contributed by atoms with E-state index in [0.29, 0.717) is 96.9 Å².